The molecule has 0 bridgehead atoms. The summed E-state index contributed by atoms with van der Waals surface area (Å²) in [6.45, 7) is 0.567. The fourth-order valence-corrected chi connectivity index (χ4v) is 4.72. The van der Waals surface area contributed by atoms with E-state index in [0.29, 0.717) is 25.8 Å². The molecule has 1 aliphatic carbocycles. The van der Waals surface area contributed by atoms with Crippen LogP contribution in [0.15, 0.2) is 30.3 Å². The van der Waals surface area contributed by atoms with Crippen LogP contribution in [-0.4, -0.2) is 44.1 Å². The Labute approximate surface area is 147 Å². The summed E-state index contributed by atoms with van der Waals surface area (Å²) in [4.78, 5) is 23.9. The highest BCUT2D eigenvalue weighted by atomic mass is 32.2. The van der Waals surface area contributed by atoms with Crippen molar-refractivity contribution in [1.82, 2.24) is 14.9 Å². The minimum Gasteiger partial charge on any atom is -0.315 e. The van der Waals surface area contributed by atoms with Crippen LogP contribution in [0.4, 0.5) is 4.79 Å². The van der Waals surface area contributed by atoms with Gasteiger partial charge in [-0.1, -0.05) is 36.8 Å². The monoisotopic (exact) mass is 365 g/mol. The molecule has 1 aromatic carbocycles. The third-order valence-corrected chi connectivity index (χ3v) is 6.16. The van der Waals surface area contributed by atoms with Gasteiger partial charge in [-0.05, 0) is 31.2 Å². The minimum absolute atomic E-state index is 0.0761. The molecule has 25 heavy (non-hydrogen) atoms. The van der Waals surface area contributed by atoms with Crippen LogP contribution >= 0.6 is 0 Å². The predicted octanol–water partition coefficient (Wildman–Crippen LogP) is 1.32. The quantitative estimate of drug-likeness (QED) is 0.510. The van der Waals surface area contributed by atoms with Crippen LogP contribution in [0.25, 0.3) is 0 Å². The summed E-state index contributed by atoms with van der Waals surface area (Å²) < 4.78 is 27.5. The van der Waals surface area contributed by atoms with Gasteiger partial charge in [0.1, 0.15) is 6.54 Å². The summed E-state index contributed by atoms with van der Waals surface area (Å²) >= 11 is 0. The maximum Gasteiger partial charge on any atom is 0.324 e. The van der Waals surface area contributed by atoms with Crippen LogP contribution in [0, 0.1) is 0 Å². The van der Waals surface area contributed by atoms with Gasteiger partial charge < -0.3 is 4.90 Å². The Hall–Kier alpha value is -1.93. The van der Waals surface area contributed by atoms with Gasteiger partial charge >= 0.3 is 6.03 Å². The van der Waals surface area contributed by atoms with Gasteiger partial charge in [0.2, 0.25) is 15.9 Å². The predicted molar refractivity (Wildman–Crippen MR) is 93.2 cm³/mol. The first-order chi connectivity index (χ1) is 11.9. The lowest BCUT2D eigenvalue weighted by Gasteiger charge is -2.18. The molecule has 0 spiro atoms. The van der Waals surface area contributed by atoms with Crippen molar-refractivity contribution in [1.29, 1.82) is 0 Å². The molecule has 3 rings (SSSR count). The van der Waals surface area contributed by atoms with E-state index >= 15 is 0 Å². The number of hydrogen-bond donors (Lipinski definition) is 2. The summed E-state index contributed by atoms with van der Waals surface area (Å²) in [5, 5.41) is 2.22. The van der Waals surface area contributed by atoms with Gasteiger partial charge in [-0.3, -0.25) is 10.1 Å². The molecule has 136 valence electrons. The number of nitrogens with zero attached hydrogens (tertiary/aromatic N) is 1. The van der Waals surface area contributed by atoms with Crippen LogP contribution in [0.5, 0.6) is 0 Å². The summed E-state index contributed by atoms with van der Waals surface area (Å²) in [6, 6.07) is 9.31. The largest absolute Gasteiger partial charge is 0.324 e. The molecule has 1 saturated heterocycles. The molecular formula is C17H23N3O4S. The molecule has 0 atom stereocenters. The first-order valence-electron chi connectivity index (χ1n) is 8.56. The highest BCUT2D eigenvalue weighted by molar-refractivity contribution is 7.89. The maximum atomic E-state index is 12.3. The van der Waals surface area contributed by atoms with Crippen molar-refractivity contribution in [3.63, 3.8) is 0 Å². The molecule has 2 N–H and O–H groups in total. The lowest BCUT2D eigenvalue weighted by atomic mass is 10.1. The van der Waals surface area contributed by atoms with E-state index in [1.165, 1.54) is 4.90 Å². The van der Waals surface area contributed by atoms with Crippen LogP contribution in [0.1, 0.15) is 37.7 Å². The summed E-state index contributed by atoms with van der Waals surface area (Å²) in [5.74, 6) is -0.209. The third-order valence-electron chi connectivity index (χ3n) is 4.64. The molecule has 0 radical (unpaired) electrons. The molecule has 7 nitrogen and oxygen atoms in total. The molecule has 0 aromatic heterocycles. The van der Waals surface area contributed by atoms with Crippen molar-refractivity contribution >= 4 is 22.0 Å². The van der Waals surface area contributed by atoms with E-state index in [-0.39, 0.29) is 24.2 Å². The Morgan fingerprint density at radius 2 is 1.80 bits per heavy atom. The summed E-state index contributed by atoms with van der Waals surface area (Å²) in [5.41, 5.74) is 0.594. The fourth-order valence-electron chi connectivity index (χ4n) is 3.12. The van der Waals surface area contributed by atoms with Crippen molar-refractivity contribution < 1.29 is 18.0 Å². The molecule has 1 aliphatic heterocycles. The number of carbonyl (C=O) groups excluding carboxylic acids is 2. The van der Waals surface area contributed by atoms with E-state index in [0.717, 1.165) is 18.4 Å². The first-order valence-corrected chi connectivity index (χ1v) is 10.2. The van der Waals surface area contributed by atoms with Gasteiger partial charge in [-0.15, -0.1) is 0 Å². The summed E-state index contributed by atoms with van der Waals surface area (Å²) in [6.07, 6.45) is 3.56. The van der Waals surface area contributed by atoms with E-state index < -0.39 is 15.6 Å². The minimum atomic E-state index is -3.34. The number of hydrogen-bond acceptors (Lipinski definition) is 4. The van der Waals surface area contributed by atoms with Crippen molar-refractivity contribution in [3.8, 4) is 0 Å². The first kappa shape index (κ1) is 17.9. The second-order valence-corrected chi connectivity index (χ2v) is 8.55. The lowest BCUT2D eigenvalue weighted by Crippen LogP contribution is -2.36. The van der Waals surface area contributed by atoms with Crippen molar-refractivity contribution in [2.75, 3.05) is 18.8 Å². The van der Waals surface area contributed by atoms with E-state index in [1.807, 2.05) is 30.3 Å². The van der Waals surface area contributed by atoms with Gasteiger partial charge in [0.15, 0.2) is 0 Å². The Balaban J connectivity index is 1.41. The average Bonchev–Trinajstić information content (AvgIpc) is 3.26. The highest BCUT2D eigenvalue weighted by Crippen LogP contribution is 2.45. The lowest BCUT2D eigenvalue weighted by molar-refractivity contribution is -0.118. The van der Waals surface area contributed by atoms with Crippen LogP contribution in [0.2, 0.25) is 0 Å². The molecule has 2 fully saturated rings. The Morgan fingerprint density at radius 3 is 2.40 bits per heavy atom. The molecule has 2 aliphatic rings. The van der Waals surface area contributed by atoms with Gasteiger partial charge in [-0.2, -0.15) is 0 Å². The smallest absolute Gasteiger partial charge is 0.315 e. The molecule has 1 aromatic rings. The number of amides is 3. The van der Waals surface area contributed by atoms with Crippen LogP contribution in [0.3, 0.4) is 0 Å². The number of carbonyl (C=O) groups is 2. The molecule has 1 saturated carbocycles. The van der Waals surface area contributed by atoms with Crippen molar-refractivity contribution in [2.24, 2.45) is 0 Å². The zero-order valence-corrected chi connectivity index (χ0v) is 14.8. The highest BCUT2D eigenvalue weighted by Gasteiger charge is 2.46. The number of benzene rings is 1. The number of rotatable bonds is 9. The number of imide groups is 1. The zero-order valence-electron chi connectivity index (χ0n) is 14.0. The van der Waals surface area contributed by atoms with E-state index in [4.69, 9.17) is 0 Å². The van der Waals surface area contributed by atoms with Crippen LogP contribution < -0.4 is 10.0 Å². The third kappa shape index (κ3) is 4.58. The Morgan fingerprint density at radius 1 is 1.08 bits per heavy atom. The number of sulfonamides is 1. The van der Waals surface area contributed by atoms with Crippen LogP contribution in [-0.2, 0) is 20.4 Å². The molecule has 1 heterocycles. The SMILES string of the molecule is O=C1CN(CCCCCS(=O)(=O)NC2(c3ccccc3)CC2)C(=O)N1. The van der Waals surface area contributed by atoms with Gasteiger partial charge in [-0.25, -0.2) is 17.9 Å². The standard InChI is InChI=1S/C17H23N3O4S/c21-15-13-20(16(22)18-15)11-5-2-6-12-25(23,24)19-17(9-10-17)14-7-3-1-4-8-14/h1,3-4,7-8,19H,2,5-6,9-13H2,(H,18,21,22). The number of nitrogens with one attached hydrogen (secondary N) is 2. The molecule has 3 amide bonds. The second kappa shape index (κ2) is 7.13. The number of urea groups is 1. The zero-order chi connectivity index (χ0) is 17.9. The van der Waals surface area contributed by atoms with Crippen molar-refractivity contribution in [3.05, 3.63) is 35.9 Å². The molecule has 8 heteroatoms. The average molecular weight is 365 g/mol. The van der Waals surface area contributed by atoms with Crippen molar-refractivity contribution in [2.45, 2.75) is 37.6 Å². The topological polar surface area (TPSA) is 95.6 Å². The fraction of sp³-hybridized carbons (Fsp3) is 0.529. The summed E-state index contributed by atoms with van der Waals surface area (Å²) in [7, 11) is -3.34. The van der Waals surface area contributed by atoms with Gasteiger partial charge in [0.25, 0.3) is 0 Å². The van der Waals surface area contributed by atoms with Gasteiger partial charge in [0, 0.05) is 6.54 Å². The van der Waals surface area contributed by atoms with Gasteiger partial charge in [0.05, 0.1) is 11.3 Å². The van der Waals surface area contributed by atoms with E-state index in [1.54, 1.807) is 0 Å². The van der Waals surface area contributed by atoms with E-state index in [9.17, 15) is 18.0 Å². The number of unbranched alkanes of at least 4 members (excludes halogenated alkanes) is 2. The Kier molecular flexibility index (Phi) is 5.10. The second-order valence-electron chi connectivity index (χ2n) is 6.70. The maximum absolute atomic E-state index is 12.3. The molecular weight excluding hydrogens is 342 g/mol. The molecule has 0 unspecified atom stereocenters. The van der Waals surface area contributed by atoms with E-state index in [2.05, 4.69) is 10.0 Å². The Bertz CT molecular complexity index is 744. The normalized spacial score (nSPS) is 19.1.